The number of anilines is 1. The van der Waals surface area contributed by atoms with Gasteiger partial charge in [-0.2, -0.15) is 0 Å². The average Bonchev–Trinajstić information content (AvgIpc) is 3.05. The van der Waals surface area contributed by atoms with E-state index >= 15 is 0 Å². The second-order valence-electron chi connectivity index (χ2n) is 8.91. The van der Waals surface area contributed by atoms with E-state index in [1.54, 1.807) is 11.8 Å². The molecule has 4 rings (SSSR count). The largest absolute Gasteiger partial charge is 0.291 e. The fourth-order valence-corrected chi connectivity index (χ4v) is 4.96. The lowest BCUT2D eigenvalue weighted by molar-refractivity contribution is -0.114. The van der Waals surface area contributed by atoms with Crippen molar-refractivity contribution in [1.82, 2.24) is 0 Å². The van der Waals surface area contributed by atoms with Crippen LogP contribution in [0.3, 0.4) is 0 Å². The number of halogens is 1. The summed E-state index contributed by atoms with van der Waals surface area (Å²) >= 11 is 7.68. The summed E-state index contributed by atoms with van der Waals surface area (Å²) in [7, 11) is 0. The van der Waals surface area contributed by atoms with Crippen molar-refractivity contribution in [3.8, 4) is 0 Å². The Morgan fingerprint density at radius 2 is 1.52 bits per heavy atom. The molecule has 158 valence electrons. The zero-order chi connectivity index (χ0) is 22.2. The van der Waals surface area contributed by atoms with Crippen LogP contribution in [0.15, 0.2) is 77.7 Å². The fraction of sp³-hybridized carbons (Fsp3) is 0.222. The minimum atomic E-state index is -0.132. The van der Waals surface area contributed by atoms with Crippen molar-refractivity contribution in [2.45, 2.75) is 38.5 Å². The first-order valence-electron chi connectivity index (χ1n) is 10.4. The van der Waals surface area contributed by atoms with Gasteiger partial charge in [0.25, 0.3) is 5.91 Å². The fourth-order valence-electron chi connectivity index (χ4n) is 3.58. The molecule has 3 aromatic carbocycles. The van der Waals surface area contributed by atoms with Gasteiger partial charge in [0.2, 0.25) is 0 Å². The average molecular weight is 448 g/mol. The quantitative estimate of drug-likeness (QED) is 0.382. The molecule has 31 heavy (non-hydrogen) atoms. The van der Waals surface area contributed by atoms with E-state index in [1.807, 2.05) is 66.4 Å². The molecule has 0 saturated carbocycles. The summed E-state index contributed by atoms with van der Waals surface area (Å²) in [5, 5.41) is 0.558. The molecule has 1 saturated heterocycles. The van der Waals surface area contributed by atoms with Gasteiger partial charge < -0.3 is 0 Å². The maximum Gasteiger partial charge on any atom is 0.266 e. The zero-order valence-corrected chi connectivity index (χ0v) is 19.8. The number of carbonyl (C=O) groups excluding carboxylic acids is 1. The Kier molecular flexibility index (Phi) is 6.00. The topological polar surface area (TPSA) is 20.3 Å². The van der Waals surface area contributed by atoms with Crippen LogP contribution in [0.25, 0.3) is 6.08 Å². The van der Waals surface area contributed by atoms with Gasteiger partial charge in [-0.1, -0.05) is 98.2 Å². The van der Waals surface area contributed by atoms with Crippen LogP contribution in [-0.2, 0) is 10.2 Å². The standard InChI is InChI=1S/C27H26ClNOS/c1-18-5-15-23(16-6-18)29-25(30)24(31-26(29)20-9-13-22(28)14-10-20)17-19-7-11-21(12-8-19)27(2,3)4/h5-17,26H,1-4H3/b24-17+/t26-/m0/s1. The highest BCUT2D eigenvalue weighted by Gasteiger charge is 2.38. The summed E-state index contributed by atoms with van der Waals surface area (Å²) in [4.78, 5) is 16.1. The van der Waals surface area contributed by atoms with Crippen LogP contribution < -0.4 is 4.90 Å². The molecule has 1 amide bonds. The third-order valence-electron chi connectivity index (χ3n) is 5.44. The number of rotatable bonds is 3. The highest BCUT2D eigenvalue weighted by molar-refractivity contribution is 8.05. The second kappa shape index (κ2) is 8.57. The summed E-state index contributed by atoms with van der Waals surface area (Å²) in [5.74, 6) is 0.0219. The van der Waals surface area contributed by atoms with Crippen molar-refractivity contribution in [3.63, 3.8) is 0 Å². The van der Waals surface area contributed by atoms with E-state index in [-0.39, 0.29) is 16.7 Å². The highest BCUT2D eigenvalue weighted by atomic mass is 35.5. The SMILES string of the molecule is Cc1ccc(N2C(=O)/C(=C\c3ccc(C(C)(C)C)cc3)S[C@H]2c2ccc(Cl)cc2)cc1. The molecule has 0 unspecified atom stereocenters. The Morgan fingerprint density at radius 3 is 2.10 bits per heavy atom. The number of aryl methyl sites for hydroxylation is 1. The molecule has 1 heterocycles. The normalized spacial score (nSPS) is 18.1. The van der Waals surface area contributed by atoms with Crippen molar-refractivity contribution in [3.05, 3.63) is 105 Å². The molecule has 0 spiro atoms. The van der Waals surface area contributed by atoms with Gasteiger partial charge in [0.1, 0.15) is 5.37 Å². The van der Waals surface area contributed by atoms with Crippen LogP contribution in [0.1, 0.15) is 48.4 Å². The first kappa shape index (κ1) is 21.7. The van der Waals surface area contributed by atoms with Gasteiger partial charge in [-0.3, -0.25) is 9.69 Å². The van der Waals surface area contributed by atoms with Crippen LogP contribution in [0.2, 0.25) is 5.02 Å². The Labute approximate surface area is 193 Å². The van der Waals surface area contributed by atoms with Crippen molar-refractivity contribution in [2.75, 3.05) is 4.90 Å². The van der Waals surface area contributed by atoms with Gasteiger partial charge in [-0.15, -0.1) is 0 Å². The molecule has 0 aromatic heterocycles. The number of hydrogen-bond donors (Lipinski definition) is 0. The third kappa shape index (κ3) is 4.73. The molecule has 0 bridgehead atoms. The molecular weight excluding hydrogens is 422 g/mol. The predicted octanol–water partition coefficient (Wildman–Crippen LogP) is 7.77. The third-order valence-corrected chi connectivity index (χ3v) is 6.95. The Morgan fingerprint density at radius 1 is 0.903 bits per heavy atom. The zero-order valence-electron chi connectivity index (χ0n) is 18.2. The Balaban J connectivity index is 1.71. The number of thioether (sulfide) groups is 1. The summed E-state index contributed by atoms with van der Waals surface area (Å²) in [6.45, 7) is 8.65. The van der Waals surface area contributed by atoms with Gasteiger partial charge in [-0.05, 0) is 59.4 Å². The van der Waals surface area contributed by atoms with Crippen molar-refractivity contribution in [1.29, 1.82) is 0 Å². The number of amides is 1. The molecule has 1 atom stereocenters. The lowest BCUT2D eigenvalue weighted by Gasteiger charge is -2.24. The van der Waals surface area contributed by atoms with E-state index in [9.17, 15) is 4.79 Å². The maximum atomic E-state index is 13.5. The van der Waals surface area contributed by atoms with Gasteiger partial charge >= 0.3 is 0 Å². The second-order valence-corrected chi connectivity index (χ2v) is 10.5. The van der Waals surface area contributed by atoms with E-state index in [1.165, 1.54) is 11.1 Å². The summed E-state index contributed by atoms with van der Waals surface area (Å²) in [6.07, 6.45) is 2.00. The molecule has 0 aliphatic carbocycles. The molecule has 1 aliphatic rings. The summed E-state index contributed by atoms with van der Waals surface area (Å²) in [6, 6.07) is 24.3. The van der Waals surface area contributed by atoms with Gasteiger partial charge in [-0.25, -0.2) is 0 Å². The van der Waals surface area contributed by atoms with Gasteiger partial charge in [0, 0.05) is 10.7 Å². The van der Waals surface area contributed by atoms with E-state index in [4.69, 9.17) is 11.6 Å². The molecule has 2 nitrogen and oxygen atoms in total. The molecule has 0 N–H and O–H groups in total. The van der Waals surface area contributed by atoms with E-state index in [2.05, 4.69) is 45.0 Å². The highest BCUT2D eigenvalue weighted by Crippen LogP contribution is 2.48. The minimum Gasteiger partial charge on any atom is -0.291 e. The van der Waals surface area contributed by atoms with Crippen molar-refractivity contribution in [2.24, 2.45) is 0 Å². The van der Waals surface area contributed by atoms with E-state index in [0.717, 1.165) is 21.7 Å². The van der Waals surface area contributed by atoms with Crippen LogP contribution in [-0.4, -0.2) is 5.91 Å². The van der Waals surface area contributed by atoms with Crippen LogP contribution in [0.4, 0.5) is 5.69 Å². The van der Waals surface area contributed by atoms with Crippen LogP contribution >= 0.6 is 23.4 Å². The maximum absolute atomic E-state index is 13.5. The van der Waals surface area contributed by atoms with Gasteiger partial charge in [0.15, 0.2) is 0 Å². The molecule has 0 radical (unpaired) electrons. The lowest BCUT2D eigenvalue weighted by Crippen LogP contribution is -2.27. The van der Waals surface area contributed by atoms with Crippen LogP contribution in [0, 0.1) is 6.92 Å². The predicted molar refractivity (Wildman–Crippen MR) is 134 cm³/mol. The number of carbonyl (C=O) groups is 1. The molecule has 4 heteroatoms. The van der Waals surface area contributed by atoms with Crippen LogP contribution in [0.5, 0.6) is 0 Å². The van der Waals surface area contributed by atoms with Gasteiger partial charge in [0.05, 0.1) is 4.91 Å². The van der Waals surface area contributed by atoms with Crippen molar-refractivity contribution >= 4 is 41.0 Å². The first-order valence-corrected chi connectivity index (χ1v) is 11.6. The van der Waals surface area contributed by atoms with E-state index in [0.29, 0.717) is 5.02 Å². The number of nitrogens with zero attached hydrogens (tertiary/aromatic N) is 1. The molecule has 1 fully saturated rings. The Bertz CT molecular complexity index is 1110. The first-order chi connectivity index (χ1) is 14.7. The monoisotopic (exact) mass is 447 g/mol. The molecule has 1 aliphatic heterocycles. The minimum absolute atomic E-state index is 0.0219. The molecule has 3 aromatic rings. The Hall–Kier alpha value is -2.49. The van der Waals surface area contributed by atoms with Crippen molar-refractivity contribution < 1.29 is 4.79 Å². The molecular formula is C27H26ClNOS. The smallest absolute Gasteiger partial charge is 0.266 e. The summed E-state index contributed by atoms with van der Waals surface area (Å²) < 4.78 is 0. The number of hydrogen-bond acceptors (Lipinski definition) is 2. The lowest BCUT2D eigenvalue weighted by atomic mass is 9.87. The van der Waals surface area contributed by atoms with E-state index < -0.39 is 0 Å². The number of benzene rings is 3. The summed E-state index contributed by atoms with van der Waals surface area (Å²) in [5.41, 5.74) is 5.53.